The minimum atomic E-state index is -0.638. The lowest BCUT2D eigenvalue weighted by Crippen LogP contribution is -2.37. The molecule has 2 aromatic rings. The monoisotopic (exact) mass is 287 g/mol. The molecule has 21 heavy (non-hydrogen) atoms. The fourth-order valence-corrected chi connectivity index (χ4v) is 3.15. The van der Waals surface area contributed by atoms with Gasteiger partial charge in [0, 0.05) is 24.0 Å². The highest BCUT2D eigenvalue weighted by Crippen LogP contribution is 2.43. The molecule has 112 valence electrons. The fourth-order valence-electron chi connectivity index (χ4n) is 3.15. The van der Waals surface area contributed by atoms with E-state index in [1.54, 1.807) is 7.11 Å². The van der Waals surface area contributed by atoms with E-state index < -0.39 is 11.5 Å². The van der Waals surface area contributed by atoms with Gasteiger partial charge >= 0.3 is 0 Å². The van der Waals surface area contributed by atoms with Crippen LogP contribution in [0, 0.1) is 5.41 Å². The Labute approximate surface area is 124 Å². The number of rotatable bonds is 4. The fraction of sp³-hybridized carbons (Fsp3) is 0.412. The van der Waals surface area contributed by atoms with E-state index in [1.807, 2.05) is 36.4 Å². The standard InChI is InChI=1S/C17H21NO3/c1-20-15-7-6-14(12-4-2-3-5-13(12)15)16(19)17(10-18)8-9-21-11-17/h2-7,16,19H,8-11,18H2,1H3. The van der Waals surface area contributed by atoms with Gasteiger partial charge in [-0.1, -0.05) is 30.3 Å². The second-order valence-corrected chi connectivity index (χ2v) is 5.67. The van der Waals surface area contributed by atoms with Crippen molar-refractivity contribution in [2.45, 2.75) is 12.5 Å². The molecule has 0 aromatic heterocycles. The van der Waals surface area contributed by atoms with Crippen LogP contribution in [0.2, 0.25) is 0 Å². The van der Waals surface area contributed by atoms with Crippen LogP contribution in [0.5, 0.6) is 5.75 Å². The van der Waals surface area contributed by atoms with Crippen molar-refractivity contribution in [3.63, 3.8) is 0 Å². The van der Waals surface area contributed by atoms with E-state index in [4.69, 9.17) is 15.2 Å². The zero-order valence-corrected chi connectivity index (χ0v) is 12.2. The third kappa shape index (κ3) is 2.29. The van der Waals surface area contributed by atoms with Crippen molar-refractivity contribution in [2.24, 2.45) is 11.1 Å². The Morgan fingerprint density at radius 1 is 1.29 bits per heavy atom. The average molecular weight is 287 g/mol. The summed E-state index contributed by atoms with van der Waals surface area (Å²) in [6, 6.07) is 11.8. The smallest absolute Gasteiger partial charge is 0.126 e. The summed E-state index contributed by atoms with van der Waals surface area (Å²) in [5, 5.41) is 12.9. The Bertz CT molecular complexity index is 635. The lowest BCUT2D eigenvalue weighted by Gasteiger charge is -2.32. The highest BCUT2D eigenvalue weighted by atomic mass is 16.5. The Hall–Kier alpha value is -1.62. The molecule has 0 aliphatic carbocycles. The summed E-state index contributed by atoms with van der Waals surface area (Å²) in [4.78, 5) is 0. The maximum absolute atomic E-state index is 10.9. The van der Waals surface area contributed by atoms with Gasteiger partial charge in [-0.3, -0.25) is 0 Å². The number of nitrogens with two attached hydrogens (primary N) is 1. The molecule has 4 nitrogen and oxygen atoms in total. The van der Waals surface area contributed by atoms with Gasteiger partial charge in [0.05, 0.1) is 19.8 Å². The molecule has 1 saturated heterocycles. The van der Waals surface area contributed by atoms with Gasteiger partial charge in [0.15, 0.2) is 0 Å². The van der Waals surface area contributed by atoms with Crippen LogP contribution < -0.4 is 10.5 Å². The van der Waals surface area contributed by atoms with Crippen LogP contribution in [-0.4, -0.2) is 32.0 Å². The van der Waals surface area contributed by atoms with E-state index in [0.29, 0.717) is 19.8 Å². The average Bonchev–Trinajstić information content (AvgIpc) is 3.03. The van der Waals surface area contributed by atoms with Gasteiger partial charge in [0.2, 0.25) is 0 Å². The summed E-state index contributed by atoms with van der Waals surface area (Å²) in [7, 11) is 1.66. The Morgan fingerprint density at radius 2 is 2.05 bits per heavy atom. The molecule has 2 atom stereocenters. The Morgan fingerprint density at radius 3 is 2.67 bits per heavy atom. The summed E-state index contributed by atoms with van der Waals surface area (Å²) < 4.78 is 10.9. The van der Waals surface area contributed by atoms with Crippen molar-refractivity contribution >= 4 is 10.8 Å². The van der Waals surface area contributed by atoms with E-state index in [0.717, 1.165) is 28.5 Å². The second-order valence-electron chi connectivity index (χ2n) is 5.67. The van der Waals surface area contributed by atoms with Crippen LogP contribution in [0.3, 0.4) is 0 Å². The molecule has 0 spiro atoms. The number of aliphatic hydroxyl groups excluding tert-OH is 1. The first kappa shape index (κ1) is 14.3. The van der Waals surface area contributed by atoms with Crippen LogP contribution in [0.15, 0.2) is 36.4 Å². The van der Waals surface area contributed by atoms with E-state index in [2.05, 4.69) is 0 Å². The minimum Gasteiger partial charge on any atom is -0.496 e. The van der Waals surface area contributed by atoms with Crippen LogP contribution in [0.1, 0.15) is 18.1 Å². The zero-order valence-electron chi connectivity index (χ0n) is 12.2. The molecule has 4 heteroatoms. The van der Waals surface area contributed by atoms with E-state index in [1.165, 1.54) is 0 Å². The first-order valence-corrected chi connectivity index (χ1v) is 7.23. The van der Waals surface area contributed by atoms with Crippen LogP contribution in [0.25, 0.3) is 10.8 Å². The molecule has 0 bridgehead atoms. The Balaban J connectivity index is 2.12. The maximum Gasteiger partial charge on any atom is 0.126 e. The van der Waals surface area contributed by atoms with Gasteiger partial charge in [-0.2, -0.15) is 0 Å². The molecule has 3 N–H and O–H groups in total. The van der Waals surface area contributed by atoms with Crippen molar-refractivity contribution in [2.75, 3.05) is 26.9 Å². The van der Waals surface area contributed by atoms with Crippen LogP contribution in [0.4, 0.5) is 0 Å². The van der Waals surface area contributed by atoms with Gasteiger partial charge in [0.25, 0.3) is 0 Å². The number of benzene rings is 2. The van der Waals surface area contributed by atoms with Crippen LogP contribution >= 0.6 is 0 Å². The van der Waals surface area contributed by atoms with Crippen molar-refractivity contribution in [1.82, 2.24) is 0 Å². The van der Waals surface area contributed by atoms with E-state index in [-0.39, 0.29) is 0 Å². The number of methoxy groups -OCH3 is 1. The molecular weight excluding hydrogens is 266 g/mol. The normalized spacial score (nSPS) is 23.4. The summed E-state index contributed by atoms with van der Waals surface area (Å²) in [6.07, 6.45) is 0.145. The van der Waals surface area contributed by atoms with Gasteiger partial charge in [0.1, 0.15) is 5.75 Å². The predicted octanol–water partition coefficient (Wildman–Crippen LogP) is 2.25. The lowest BCUT2D eigenvalue weighted by molar-refractivity contribution is 0.0200. The summed E-state index contributed by atoms with van der Waals surface area (Å²) in [5.74, 6) is 0.811. The third-order valence-electron chi connectivity index (χ3n) is 4.55. The minimum absolute atomic E-state index is 0.392. The van der Waals surface area contributed by atoms with Gasteiger partial charge < -0.3 is 20.3 Å². The van der Waals surface area contributed by atoms with E-state index in [9.17, 15) is 5.11 Å². The van der Waals surface area contributed by atoms with Crippen molar-refractivity contribution in [3.8, 4) is 5.75 Å². The van der Waals surface area contributed by atoms with E-state index >= 15 is 0 Å². The summed E-state index contributed by atoms with van der Waals surface area (Å²) in [5.41, 5.74) is 6.44. The molecule has 2 aromatic carbocycles. The first-order chi connectivity index (χ1) is 10.2. The highest BCUT2D eigenvalue weighted by molar-refractivity contribution is 5.91. The number of ether oxygens (including phenoxy) is 2. The topological polar surface area (TPSA) is 64.7 Å². The number of fused-ring (bicyclic) bond motifs is 1. The molecule has 0 amide bonds. The molecule has 1 aliphatic heterocycles. The van der Waals surface area contributed by atoms with Crippen molar-refractivity contribution < 1.29 is 14.6 Å². The molecular formula is C17H21NO3. The number of hydrogen-bond donors (Lipinski definition) is 2. The number of hydrogen-bond acceptors (Lipinski definition) is 4. The molecule has 1 heterocycles. The first-order valence-electron chi connectivity index (χ1n) is 7.23. The van der Waals surface area contributed by atoms with Crippen molar-refractivity contribution in [3.05, 3.63) is 42.0 Å². The third-order valence-corrected chi connectivity index (χ3v) is 4.55. The van der Waals surface area contributed by atoms with Gasteiger partial charge in [-0.05, 0) is 23.4 Å². The molecule has 1 fully saturated rings. The molecule has 1 aliphatic rings. The predicted molar refractivity (Wildman–Crippen MR) is 82.4 cm³/mol. The summed E-state index contributed by atoms with van der Waals surface area (Å²) >= 11 is 0. The molecule has 0 saturated carbocycles. The van der Waals surface area contributed by atoms with Gasteiger partial charge in [-0.15, -0.1) is 0 Å². The lowest BCUT2D eigenvalue weighted by atomic mass is 9.77. The summed E-state index contributed by atoms with van der Waals surface area (Å²) in [6.45, 7) is 1.57. The second kappa shape index (κ2) is 5.64. The van der Waals surface area contributed by atoms with Crippen molar-refractivity contribution in [1.29, 1.82) is 0 Å². The number of aliphatic hydroxyl groups is 1. The molecule has 3 rings (SSSR count). The SMILES string of the molecule is COc1ccc(C(O)C2(CN)CCOC2)c2ccccc12. The molecule has 2 unspecified atom stereocenters. The van der Waals surface area contributed by atoms with Crippen LogP contribution in [-0.2, 0) is 4.74 Å². The highest BCUT2D eigenvalue weighted by Gasteiger charge is 2.41. The molecule has 0 radical (unpaired) electrons. The maximum atomic E-state index is 10.9. The largest absolute Gasteiger partial charge is 0.496 e. The Kier molecular flexibility index (Phi) is 3.85. The van der Waals surface area contributed by atoms with Gasteiger partial charge in [-0.25, -0.2) is 0 Å². The zero-order chi connectivity index (χ0) is 14.9. The quantitative estimate of drug-likeness (QED) is 0.905.